The molecule has 1 fully saturated rings. The molecule has 5 heteroatoms. The summed E-state index contributed by atoms with van der Waals surface area (Å²) in [7, 11) is 0. The summed E-state index contributed by atoms with van der Waals surface area (Å²) in [5.41, 5.74) is 7.76. The lowest BCUT2D eigenvalue weighted by Crippen LogP contribution is -2.43. The molecule has 2 unspecified atom stereocenters. The van der Waals surface area contributed by atoms with Gasteiger partial charge in [-0.2, -0.15) is 11.8 Å². The second kappa shape index (κ2) is 10.0. The van der Waals surface area contributed by atoms with Crippen LogP contribution in [0, 0.1) is 0 Å². The van der Waals surface area contributed by atoms with E-state index in [-0.39, 0.29) is 18.3 Å². The number of thioether (sulfide) groups is 1. The Morgan fingerprint density at radius 1 is 1.32 bits per heavy atom. The van der Waals surface area contributed by atoms with Gasteiger partial charge in [0.05, 0.1) is 0 Å². The lowest BCUT2D eigenvalue weighted by Gasteiger charge is -2.31. The molecular formula is C17H27ClN2OS. The van der Waals surface area contributed by atoms with Crippen molar-refractivity contribution in [2.24, 2.45) is 0 Å². The molecule has 1 aliphatic rings. The molecule has 2 atom stereocenters. The van der Waals surface area contributed by atoms with E-state index in [2.05, 4.69) is 12.2 Å². The number of rotatable bonds is 6. The maximum atomic E-state index is 12.2. The van der Waals surface area contributed by atoms with Crippen molar-refractivity contribution in [1.82, 2.24) is 5.32 Å². The Bertz CT molecular complexity index is 468. The van der Waals surface area contributed by atoms with Crippen LogP contribution in [0.2, 0.25) is 0 Å². The predicted octanol–water partition coefficient (Wildman–Crippen LogP) is 3.80. The van der Waals surface area contributed by atoms with Gasteiger partial charge in [-0.25, -0.2) is 0 Å². The largest absolute Gasteiger partial charge is 0.399 e. The number of anilines is 1. The Hall–Kier alpha value is -0.870. The summed E-state index contributed by atoms with van der Waals surface area (Å²) < 4.78 is 0. The van der Waals surface area contributed by atoms with E-state index in [1.807, 2.05) is 36.0 Å². The van der Waals surface area contributed by atoms with Crippen LogP contribution in [0.1, 0.15) is 44.6 Å². The number of aryl methyl sites for hydroxylation is 1. The predicted molar refractivity (Wildman–Crippen MR) is 98.7 cm³/mol. The SMILES string of the molecule is CCSC1CCCCC1NC(=O)CCc1ccccc1N.Cl. The first kappa shape index (κ1) is 19.2. The highest BCUT2D eigenvalue weighted by molar-refractivity contribution is 7.99. The minimum Gasteiger partial charge on any atom is -0.399 e. The van der Waals surface area contributed by atoms with Crippen molar-refractivity contribution in [1.29, 1.82) is 0 Å². The second-order valence-electron chi connectivity index (χ2n) is 5.65. The van der Waals surface area contributed by atoms with Gasteiger partial charge in [-0.3, -0.25) is 4.79 Å². The van der Waals surface area contributed by atoms with E-state index < -0.39 is 0 Å². The Balaban J connectivity index is 0.00000242. The fraction of sp³-hybridized carbons (Fsp3) is 0.588. The van der Waals surface area contributed by atoms with Gasteiger partial charge >= 0.3 is 0 Å². The average molecular weight is 343 g/mol. The van der Waals surface area contributed by atoms with Crippen molar-refractivity contribution < 1.29 is 4.79 Å². The van der Waals surface area contributed by atoms with Gasteiger partial charge in [-0.1, -0.05) is 38.0 Å². The second-order valence-corrected chi connectivity index (χ2v) is 7.17. The number of nitrogen functional groups attached to an aromatic ring is 1. The number of carbonyl (C=O) groups excluding carboxylic acids is 1. The highest BCUT2D eigenvalue weighted by atomic mass is 35.5. The first-order chi connectivity index (χ1) is 10.2. The van der Waals surface area contributed by atoms with Crippen LogP contribution >= 0.6 is 24.2 Å². The summed E-state index contributed by atoms with van der Waals surface area (Å²) in [5, 5.41) is 3.84. The molecule has 1 aliphatic carbocycles. The monoisotopic (exact) mass is 342 g/mol. The molecule has 1 saturated carbocycles. The molecule has 0 radical (unpaired) electrons. The molecule has 1 aromatic rings. The van der Waals surface area contributed by atoms with Gasteiger partial charge in [0.2, 0.25) is 5.91 Å². The first-order valence-electron chi connectivity index (χ1n) is 7.95. The van der Waals surface area contributed by atoms with E-state index in [4.69, 9.17) is 5.73 Å². The van der Waals surface area contributed by atoms with Gasteiger partial charge < -0.3 is 11.1 Å². The number of benzene rings is 1. The molecule has 3 nitrogen and oxygen atoms in total. The third kappa shape index (κ3) is 5.73. The maximum Gasteiger partial charge on any atom is 0.220 e. The molecular weight excluding hydrogens is 316 g/mol. The number of hydrogen-bond donors (Lipinski definition) is 2. The molecule has 0 bridgehead atoms. The van der Waals surface area contributed by atoms with Gasteiger partial charge in [0, 0.05) is 23.4 Å². The van der Waals surface area contributed by atoms with Crippen LogP contribution in [-0.4, -0.2) is 23.0 Å². The molecule has 22 heavy (non-hydrogen) atoms. The molecule has 1 amide bonds. The average Bonchev–Trinajstić information content (AvgIpc) is 2.49. The number of nitrogens with one attached hydrogen (secondary N) is 1. The molecule has 124 valence electrons. The molecule has 0 spiro atoms. The van der Waals surface area contributed by atoms with Gasteiger partial charge in [0.25, 0.3) is 0 Å². The normalized spacial score (nSPS) is 21.0. The molecule has 0 aliphatic heterocycles. The van der Waals surface area contributed by atoms with Crippen LogP contribution in [0.15, 0.2) is 24.3 Å². The van der Waals surface area contributed by atoms with Gasteiger partial charge in [-0.05, 0) is 36.6 Å². The van der Waals surface area contributed by atoms with Crippen LogP contribution in [0.25, 0.3) is 0 Å². The van der Waals surface area contributed by atoms with Crippen molar-refractivity contribution in [3.05, 3.63) is 29.8 Å². The van der Waals surface area contributed by atoms with Crippen LogP contribution in [0.5, 0.6) is 0 Å². The fourth-order valence-electron chi connectivity index (χ4n) is 2.96. The maximum absolute atomic E-state index is 12.2. The van der Waals surface area contributed by atoms with E-state index in [1.54, 1.807) is 0 Å². The fourth-order valence-corrected chi connectivity index (χ4v) is 4.16. The summed E-state index contributed by atoms with van der Waals surface area (Å²) in [5.74, 6) is 1.28. The number of nitrogens with two attached hydrogens (primary N) is 1. The first-order valence-corrected chi connectivity index (χ1v) is 9.00. The minimum atomic E-state index is 0. The summed E-state index contributed by atoms with van der Waals surface area (Å²) in [6.45, 7) is 2.19. The lowest BCUT2D eigenvalue weighted by atomic mass is 9.94. The highest BCUT2D eigenvalue weighted by Gasteiger charge is 2.26. The highest BCUT2D eigenvalue weighted by Crippen LogP contribution is 2.28. The minimum absolute atomic E-state index is 0. The van der Waals surface area contributed by atoms with Crippen molar-refractivity contribution in [2.45, 2.75) is 56.7 Å². The Kier molecular flexibility index (Phi) is 8.72. The molecule has 0 aromatic heterocycles. The zero-order chi connectivity index (χ0) is 15.1. The van der Waals surface area contributed by atoms with Crippen LogP contribution < -0.4 is 11.1 Å². The number of halogens is 1. The summed E-state index contributed by atoms with van der Waals surface area (Å²) in [6, 6.07) is 8.14. The number of carbonyl (C=O) groups is 1. The van der Waals surface area contributed by atoms with Crippen LogP contribution in [-0.2, 0) is 11.2 Å². The topological polar surface area (TPSA) is 55.1 Å². The van der Waals surface area contributed by atoms with Gasteiger partial charge in [-0.15, -0.1) is 12.4 Å². The van der Waals surface area contributed by atoms with Gasteiger partial charge in [0.15, 0.2) is 0 Å². The number of para-hydroxylation sites is 1. The lowest BCUT2D eigenvalue weighted by molar-refractivity contribution is -0.121. The molecule has 3 N–H and O–H groups in total. The van der Waals surface area contributed by atoms with E-state index in [0.29, 0.717) is 17.7 Å². The van der Waals surface area contributed by atoms with E-state index in [9.17, 15) is 4.79 Å². The molecule has 0 saturated heterocycles. The molecule has 0 heterocycles. The van der Waals surface area contributed by atoms with Crippen molar-refractivity contribution in [3.8, 4) is 0 Å². The summed E-state index contributed by atoms with van der Waals surface area (Å²) >= 11 is 1.98. The molecule has 1 aromatic carbocycles. The van der Waals surface area contributed by atoms with E-state index in [1.165, 1.54) is 19.3 Å². The quantitative estimate of drug-likeness (QED) is 0.773. The van der Waals surface area contributed by atoms with Crippen LogP contribution in [0.4, 0.5) is 5.69 Å². The van der Waals surface area contributed by atoms with Gasteiger partial charge in [0.1, 0.15) is 0 Å². The van der Waals surface area contributed by atoms with Crippen molar-refractivity contribution in [2.75, 3.05) is 11.5 Å². The summed E-state index contributed by atoms with van der Waals surface area (Å²) in [6.07, 6.45) is 6.12. The van der Waals surface area contributed by atoms with E-state index in [0.717, 1.165) is 29.8 Å². The Morgan fingerprint density at radius 3 is 2.77 bits per heavy atom. The number of amides is 1. The zero-order valence-corrected chi connectivity index (χ0v) is 14.8. The van der Waals surface area contributed by atoms with Crippen molar-refractivity contribution >= 4 is 35.8 Å². The third-order valence-electron chi connectivity index (χ3n) is 4.11. The standard InChI is InChI=1S/C17H26N2OS.ClH/c1-2-21-16-10-6-5-9-15(16)19-17(20)12-11-13-7-3-4-8-14(13)18;/h3-4,7-8,15-16H,2,5-6,9-12,18H2,1H3,(H,19,20);1H. The van der Waals surface area contributed by atoms with Crippen LogP contribution in [0.3, 0.4) is 0 Å². The zero-order valence-electron chi connectivity index (χ0n) is 13.2. The van der Waals surface area contributed by atoms with Crippen molar-refractivity contribution in [3.63, 3.8) is 0 Å². The third-order valence-corrected chi connectivity index (χ3v) is 5.43. The summed E-state index contributed by atoms with van der Waals surface area (Å²) in [4.78, 5) is 12.2. The molecule has 2 rings (SSSR count). The Labute approximate surface area is 144 Å². The smallest absolute Gasteiger partial charge is 0.220 e. The Morgan fingerprint density at radius 2 is 2.05 bits per heavy atom. The number of hydrogen-bond acceptors (Lipinski definition) is 3. The van der Waals surface area contributed by atoms with E-state index >= 15 is 0 Å².